The Morgan fingerprint density at radius 2 is 1.65 bits per heavy atom. The molecule has 84 valence electrons. The van der Waals surface area contributed by atoms with Crippen LogP contribution in [0.5, 0.6) is 0 Å². The maximum Gasteiger partial charge on any atom is 0.256 e. The van der Waals surface area contributed by atoms with E-state index in [9.17, 15) is 4.79 Å². The molecule has 2 aromatic carbocycles. The van der Waals surface area contributed by atoms with E-state index in [1.807, 2.05) is 24.3 Å². The van der Waals surface area contributed by atoms with E-state index in [-0.39, 0.29) is 5.56 Å². The van der Waals surface area contributed by atoms with Gasteiger partial charge in [-0.15, -0.1) is 0 Å². The molecule has 5 N–H and O–H groups in total. The molecule has 4 nitrogen and oxygen atoms in total. The number of hydrogen-bond donors (Lipinski definition) is 3. The van der Waals surface area contributed by atoms with Crippen LogP contribution in [0.3, 0.4) is 0 Å². The first-order valence-electron chi connectivity index (χ1n) is 5.26. The Morgan fingerprint density at radius 3 is 2.41 bits per heavy atom. The zero-order chi connectivity index (χ0) is 12.0. The van der Waals surface area contributed by atoms with Crippen molar-refractivity contribution < 1.29 is 0 Å². The Balaban J connectivity index is 2.68. The minimum absolute atomic E-state index is 0.135. The van der Waals surface area contributed by atoms with Crippen LogP contribution in [0.25, 0.3) is 21.7 Å². The molecule has 0 fully saturated rings. The van der Waals surface area contributed by atoms with Gasteiger partial charge in [0.15, 0.2) is 0 Å². The predicted molar refractivity (Wildman–Crippen MR) is 70.9 cm³/mol. The Labute approximate surface area is 96.9 Å². The summed E-state index contributed by atoms with van der Waals surface area (Å²) >= 11 is 0. The highest BCUT2D eigenvalue weighted by Crippen LogP contribution is 2.27. The van der Waals surface area contributed by atoms with Gasteiger partial charge in [-0.3, -0.25) is 4.79 Å². The lowest BCUT2D eigenvalue weighted by atomic mass is 10.1. The molecule has 1 heterocycles. The average Bonchev–Trinajstić information content (AvgIpc) is 2.31. The standard InChI is InChI=1S/C13H11N3O/c14-7-5-10-8-3-1-2-4-9(8)13(17)16-12(10)11(15)6-7/h1-6H,14-15H2,(H,16,17). The second-order valence-corrected chi connectivity index (χ2v) is 4.03. The second-order valence-electron chi connectivity index (χ2n) is 4.03. The molecule has 0 aliphatic carbocycles. The fourth-order valence-electron chi connectivity index (χ4n) is 2.14. The molecule has 17 heavy (non-hydrogen) atoms. The smallest absolute Gasteiger partial charge is 0.256 e. The molecular weight excluding hydrogens is 214 g/mol. The molecule has 3 aromatic rings. The predicted octanol–water partition coefficient (Wildman–Crippen LogP) is 1.85. The van der Waals surface area contributed by atoms with Crippen LogP contribution in [0, 0.1) is 0 Å². The van der Waals surface area contributed by atoms with Crippen molar-refractivity contribution in [3.05, 3.63) is 46.8 Å². The van der Waals surface area contributed by atoms with Gasteiger partial charge in [-0.1, -0.05) is 18.2 Å². The third-order valence-electron chi connectivity index (χ3n) is 2.89. The normalized spacial score (nSPS) is 11.1. The van der Waals surface area contributed by atoms with Gasteiger partial charge in [-0.25, -0.2) is 0 Å². The maximum atomic E-state index is 11.9. The number of hydrogen-bond acceptors (Lipinski definition) is 3. The van der Waals surface area contributed by atoms with E-state index in [4.69, 9.17) is 11.5 Å². The summed E-state index contributed by atoms with van der Waals surface area (Å²) in [4.78, 5) is 14.7. The lowest BCUT2D eigenvalue weighted by Gasteiger charge is -2.07. The van der Waals surface area contributed by atoms with Crippen LogP contribution in [0.2, 0.25) is 0 Å². The SMILES string of the molecule is Nc1cc(N)c2[nH]c(=O)c3ccccc3c2c1. The van der Waals surface area contributed by atoms with E-state index in [0.717, 1.165) is 10.8 Å². The number of aromatic nitrogens is 1. The van der Waals surface area contributed by atoms with Crippen molar-refractivity contribution in [1.82, 2.24) is 4.98 Å². The monoisotopic (exact) mass is 225 g/mol. The van der Waals surface area contributed by atoms with Crippen molar-refractivity contribution in [2.24, 2.45) is 0 Å². The Kier molecular flexibility index (Phi) is 1.86. The van der Waals surface area contributed by atoms with Gasteiger partial charge in [0.1, 0.15) is 0 Å². The van der Waals surface area contributed by atoms with Crippen molar-refractivity contribution in [3.63, 3.8) is 0 Å². The van der Waals surface area contributed by atoms with Gasteiger partial charge in [0.2, 0.25) is 0 Å². The summed E-state index contributed by atoms with van der Waals surface area (Å²) in [6.07, 6.45) is 0. The highest BCUT2D eigenvalue weighted by atomic mass is 16.1. The van der Waals surface area contributed by atoms with Crippen LogP contribution < -0.4 is 17.0 Å². The Bertz CT molecular complexity index is 790. The lowest BCUT2D eigenvalue weighted by Crippen LogP contribution is -2.07. The summed E-state index contributed by atoms with van der Waals surface area (Å²) in [5.41, 5.74) is 13.2. The lowest BCUT2D eigenvalue weighted by molar-refractivity contribution is 1.34. The summed E-state index contributed by atoms with van der Waals surface area (Å²) in [5.74, 6) is 0. The number of aromatic amines is 1. The molecule has 0 bridgehead atoms. The Morgan fingerprint density at radius 1 is 0.941 bits per heavy atom. The van der Waals surface area contributed by atoms with Crippen molar-refractivity contribution in [1.29, 1.82) is 0 Å². The number of rotatable bonds is 0. The first-order chi connectivity index (χ1) is 8.16. The van der Waals surface area contributed by atoms with Gasteiger partial charge in [-0.05, 0) is 23.6 Å². The zero-order valence-electron chi connectivity index (χ0n) is 9.03. The van der Waals surface area contributed by atoms with Crippen LogP contribution in [-0.4, -0.2) is 4.98 Å². The number of nitrogens with two attached hydrogens (primary N) is 2. The van der Waals surface area contributed by atoms with E-state index in [1.165, 1.54) is 0 Å². The third kappa shape index (κ3) is 1.34. The number of benzene rings is 2. The molecule has 0 radical (unpaired) electrons. The first-order valence-corrected chi connectivity index (χ1v) is 5.26. The molecule has 3 rings (SSSR count). The van der Waals surface area contributed by atoms with E-state index >= 15 is 0 Å². The number of nitrogens with one attached hydrogen (secondary N) is 1. The number of fused-ring (bicyclic) bond motifs is 3. The quantitative estimate of drug-likeness (QED) is 0.403. The summed E-state index contributed by atoms with van der Waals surface area (Å²) < 4.78 is 0. The fourth-order valence-corrected chi connectivity index (χ4v) is 2.14. The van der Waals surface area contributed by atoms with Gasteiger partial charge in [0, 0.05) is 16.5 Å². The van der Waals surface area contributed by atoms with Gasteiger partial charge in [0.25, 0.3) is 5.56 Å². The number of H-pyrrole nitrogens is 1. The maximum absolute atomic E-state index is 11.9. The molecule has 0 aliphatic heterocycles. The summed E-state index contributed by atoms with van der Waals surface area (Å²) in [6.45, 7) is 0. The minimum Gasteiger partial charge on any atom is -0.399 e. The number of pyridine rings is 1. The topological polar surface area (TPSA) is 84.9 Å². The third-order valence-corrected chi connectivity index (χ3v) is 2.89. The Hall–Kier alpha value is -2.49. The molecule has 4 heteroatoms. The molecule has 0 amide bonds. The highest BCUT2D eigenvalue weighted by Gasteiger charge is 2.07. The van der Waals surface area contributed by atoms with Crippen molar-refractivity contribution in [2.75, 3.05) is 11.5 Å². The average molecular weight is 225 g/mol. The number of anilines is 2. The largest absolute Gasteiger partial charge is 0.399 e. The van der Waals surface area contributed by atoms with Crippen LogP contribution in [0.15, 0.2) is 41.2 Å². The van der Waals surface area contributed by atoms with E-state index in [2.05, 4.69) is 4.98 Å². The summed E-state index contributed by atoms with van der Waals surface area (Å²) in [5, 5.41) is 2.38. The van der Waals surface area contributed by atoms with Gasteiger partial charge < -0.3 is 16.5 Å². The fraction of sp³-hybridized carbons (Fsp3) is 0. The van der Waals surface area contributed by atoms with Crippen molar-refractivity contribution in [3.8, 4) is 0 Å². The molecule has 0 atom stereocenters. The van der Waals surface area contributed by atoms with Crippen LogP contribution in [0.1, 0.15) is 0 Å². The van der Waals surface area contributed by atoms with Crippen LogP contribution in [0.4, 0.5) is 11.4 Å². The molecule has 1 aromatic heterocycles. The second kappa shape index (κ2) is 3.25. The van der Waals surface area contributed by atoms with Crippen molar-refractivity contribution in [2.45, 2.75) is 0 Å². The van der Waals surface area contributed by atoms with Gasteiger partial charge >= 0.3 is 0 Å². The minimum atomic E-state index is -0.135. The molecule has 0 saturated heterocycles. The van der Waals surface area contributed by atoms with E-state index in [1.54, 1.807) is 12.1 Å². The summed E-state index contributed by atoms with van der Waals surface area (Å²) in [6, 6.07) is 10.9. The van der Waals surface area contributed by atoms with Crippen LogP contribution in [-0.2, 0) is 0 Å². The molecule has 0 spiro atoms. The number of nitrogen functional groups attached to an aromatic ring is 2. The van der Waals surface area contributed by atoms with Gasteiger partial charge in [-0.2, -0.15) is 0 Å². The molecule has 0 unspecified atom stereocenters. The van der Waals surface area contributed by atoms with E-state index < -0.39 is 0 Å². The molecular formula is C13H11N3O. The zero-order valence-corrected chi connectivity index (χ0v) is 9.03. The van der Waals surface area contributed by atoms with Crippen molar-refractivity contribution >= 4 is 33.1 Å². The van der Waals surface area contributed by atoms with Crippen LogP contribution >= 0.6 is 0 Å². The van der Waals surface area contributed by atoms with Gasteiger partial charge in [0.05, 0.1) is 11.2 Å². The highest BCUT2D eigenvalue weighted by molar-refractivity contribution is 6.09. The first kappa shape index (κ1) is 9.72. The molecule has 0 saturated carbocycles. The molecule has 0 aliphatic rings. The summed E-state index contributed by atoms with van der Waals surface area (Å²) in [7, 11) is 0. The van der Waals surface area contributed by atoms with E-state index in [0.29, 0.717) is 22.3 Å².